The minimum atomic E-state index is -1.09. The smallest absolute Gasteiger partial charge is 0.322 e. The number of aliphatic carboxylic acids is 1. The van der Waals surface area contributed by atoms with E-state index in [1.165, 1.54) is 6.07 Å². The van der Waals surface area contributed by atoms with Crippen molar-refractivity contribution in [3.8, 4) is 0 Å². The summed E-state index contributed by atoms with van der Waals surface area (Å²) in [6.45, 7) is 1.72. The molecule has 4 nitrogen and oxygen atoms in total. The number of hydrogen-bond donors (Lipinski definition) is 3. The van der Waals surface area contributed by atoms with Gasteiger partial charge >= 0.3 is 5.97 Å². The Hall–Kier alpha value is -1.62. The van der Waals surface area contributed by atoms with Crippen LogP contribution in [0.2, 0.25) is 0 Å². The van der Waals surface area contributed by atoms with E-state index in [9.17, 15) is 9.18 Å². The molecule has 0 radical (unpaired) electrons. The Labute approximate surface area is 86.9 Å². The molecule has 0 amide bonds. The lowest BCUT2D eigenvalue weighted by atomic mass is 10.2. The lowest BCUT2D eigenvalue weighted by Gasteiger charge is -2.10. The molecule has 0 aliphatic heterocycles. The van der Waals surface area contributed by atoms with E-state index in [2.05, 4.69) is 5.32 Å². The summed E-state index contributed by atoms with van der Waals surface area (Å²) in [5, 5.41) is 11.3. The molecule has 15 heavy (non-hydrogen) atoms. The zero-order valence-corrected chi connectivity index (χ0v) is 8.33. The largest absolute Gasteiger partial charge is 0.480 e. The second-order valence-corrected chi connectivity index (χ2v) is 3.29. The molecule has 0 spiro atoms. The van der Waals surface area contributed by atoms with Crippen LogP contribution in [0.4, 0.5) is 10.1 Å². The van der Waals surface area contributed by atoms with E-state index in [1.54, 1.807) is 19.1 Å². The number of benzene rings is 1. The summed E-state index contributed by atoms with van der Waals surface area (Å²) >= 11 is 0. The van der Waals surface area contributed by atoms with E-state index < -0.39 is 12.0 Å². The average molecular weight is 212 g/mol. The van der Waals surface area contributed by atoms with E-state index in [4.69, 9.17) is 10.8 Å². The van der Waals surface area contributed by atoms with Crippen LogP contribution in [0.25, 0.3) is 0 Å². The highest BCUT2D eigenvalue weighted by Gasteiger charge is 2.10. The standard InChI is InChI=1S/C10H13FN2O2/c1-6-2-3-7(4-8(6)11)13-5-9(12)10(14)15/h2-4,9,13H,5,12H2,1H3,(H,14,15). The van der Waals surface area contributed by atoms with E-state index in [1.807, 2.05) is 0 Å². The highest BCUT2D eigenvalue weighted by atomic mass is 19.1. The second kappa shape index (κ2) is 4.75. The molecular formula is C10H13FN2O2. The first kappa shape index (κ1) is 11.5. The molecule has 0 saturated carbocycles. The van der Waals surface area contributed by atoms with E-state index in [0.717, 1.165) is 0 Å². The predicted molar refractivity (Wildman–Crippen MR) is 55.2 cm³/mol. The molecular weight excluding hydrogens is 199 g/mol. The fraction of sp³-hybridized carbons (Fsp3) is 0.300. The highest BCUT2D eigenvalue weighted by molar-refractivity contribution is 5.74. The van der Waals surface area contributed by atoms with E-state index >= 15 is 0 Å². The molecule has 82 valence electrons. The van der Waals surface area contributed by atoms with Crippen LogP contribution in [0.3, 0.4) is 0 Å². The summed E-state index contributed by atoms with van der Waals surface area (Å²) in [7, 11) is 0. The molecule has 5 heteroatoms. The highest BCUT2D eigenvalue weighted by Crippen LogP contribution is 2.13. The van der Waals surface area contributed by atoms with Crippen LogP contribution in [0.5, 0.6) is 0 Å². The third-order valence-electron chi connectivity index (χ3n) is 2.02. The van der Waals surface area contributed by atoms with Gasteiger partial charge in [-0.1, -0.05) is 6.07 Å². The molecule has 1 unspecified atom stereocenters. The van der Waals surface area contributed by atoms with Gasteiger partial charge in [0.1, 0.15) is 11.9 Å². The number of nitrogens with two attached hydrogens (primary N) is 1. The van der Waals surface area contributed by atoms with Crippen LogP contribution in [0.1, 0.15) is 5.56 Å². The quantitative estimate of drug-likeness (QED) is 0.694. The lowest BCUT2D eigenvalue weighted by Crippen LogP contribution is -2.36. The number of carboxylic acids is 1. The fourth-order valence-electron chi connectivity index (χ4n) is 1.02. The summed E-state index contributed by atoms with van der Waals surface area (Å²) in [4.78, 5) is 10.4. The van der Waals surface area contributed by atoms with Crippen molar-refractivity contribution in [3.05, 3.63) is 29.6 Å². The molecule has 0 fully saturated rings. The van der Waals surface area contributed by atoms with Crippen LogP contribution in [0, 0.1) is 12.7 Å². The number of hydrogen-bond acceptors (Lipinski definition) is 3. The molecule has 0 aliphatic rings. The summed E-state index contributed by atoms with van der Waals surface area (Å²) < 4.78 is 13.1. The summed E-state index contributed by atoms with van der Waals surface area (Å²) in [5.41, 5.74) is 6.34. The van der Waals surface area contributed by atoms with Crippen molar-refractivity contribution < 1.29 is 14.3 Å². The van der Waals surface area contributed by atoms with Gasteiger partial charge in [0.25, 0.3) is 0 Å². The minimum Gasteiger partial charge on any atom is -0.480 e. The van der Waals surface area contributed by atoms with Crippen LogP contribution >= 0.6 is 0 Å². The maximum atomic E-state index is 13.1. The number of nitrogens with one attached hydrogen (secondary N) is 1. The number of carbonyl (C=O) groups is 1. The van der Waals surface area contributed by atoms with Gasteiger partial charge in [0, 0.05) is 12.2 Å². The molecule has 0 bridgehead atoms. The van der Waals surface area contributed by atoms with Gasteiger partial charge in [-0.25, -0.2) is 4.39 Å². The first-order valence-corrected chi connectivity index (χ1v) is 4.49. The first-order chi connectivity index (χ1) is 7.00. The Morgan fingerprint density at radius 1 is 1.67 bits per heavy atom. The van der Waals surface area contributed by atoms with Gasteiger partial charge in [0.05, 0.1) is 0 Å². The first-order valence-electron chi connectivity index (χ1n) is 4.49. The topological polar surface area (TPSA) is 75.3 Å². The summed E-state index contributed by atoms with van der Waals surface area (Å²) in [6.07, 6.45) is 0. The van der Waals surface area contributed by atoms with Crippen molar-refractivity contribution in [3.63, 3.8) is 0 Å². The lowest BCUT2D eigenvalue weighted by molar-refractivity contribution is -0.138. The number of carboxylic acid groups (broad SMARTS) is 1. The Morgan fingerprint density at radius 3 is 2.87 bits per heavy atom. The Balaban J connectivity index is 2.58. The molecule has 0 saturated heterocycles. The maximum Gasteiger partial charge on any atom is 0.322 e. The van der Waals surface area contributed by atoms with Crippen LogP contribution < -0.4 is 11.1 Å². The molecule has 1 aromatic carbocycles. The zero-order valence-electron chi connectivity index (χ0n) is 8.33. The fourth-order valence-corrected chi connectivity index (χ4v) is 1.02. The molecule has 4 N–H and O–H groups in total. The Morgan fingerprint density at radius 2 is 2.33 bits per heavy atom. The van der Waals surface area contributed by atoms with Gasteiger partial charge < -0.3 is 16.2 Å². The Bertz CT molecular complexity index is 368. The van der Waals surface area contributed by atoms with Crippen LogP contribution in [-0.2, 0) is 4.79 Å². The monoisotopic (exact) mass is 212 g/mol. The maximum absolute atomic E-state index is 13.1. The number of rotatable bonds is 4. The van der Waals surface area contributed by atoms with Gasteiger partial charge in [-0.05, 0) is 24.6 Å². The van der Waals surface area contributed by atoms with Crippen molar-refractivity contribution in [1.29, 1.82) is 0 Å². The van der Waals surface area contributed by atoms with Crippen molar-refractivity contribution >= 4 is 11.7 Å². The van der Waals surface area contributed by atoms with Gasteiger partial charge in [-0.15, -0.1) is 0 Å². The normalized spacial score (nSPS) is 12.2. The molecule has 0 aliphatic carbocycles. The predicted octanol–water partition coefficient (Wildman–Crippen LogP) is 0.958. The van der Waals surface area contributed by atoms with Crippen molar-refractivity contribution in [1.82, 2.24) is 0 Å². The molecule has 1 aromatic rings. The number of anilines is 1. The molecule has 0 heterocycles. The van der Waals surface area contributed by atoms with Crippen molar-refractivity contribution in [2.24, 2.45) is 5.73 Å². The third kappa shape index (κ3) is 3.21. The van der Waals surface area contributed by atoms with Gasteiger partial charge in [-0.3, -0.25) is 4.79 Å². The van der Waals surface area contributed by atoms with Gasteiger partial charge in [-0.2, -0.15) is 0 Å². The third-order valence-corrected chi connectivity index (χ3v) is 2.02. The number of halogens is 1. The zero-order chi connectivity index (χ0) is 11.4. The number of aryl methyl sites for hydroxylation is 1. The molecule has 1 rings (SSSR count). The minimum absolute atomic E-state index is 0.0673. The second-order valence-electron chi connectivity index (χ2n) is 3.29. The van der Waals surface area contributed by atoms with Gasteiger partial charge in [0.15, 0.2) is 0 Å². The SMILES string of the molecule is Cc1ccc(NCC(N)C(=O)O)cc1F. The average Bonchev–Trinajstić information content (AvgIpc) is 2.19. The van der Waals surface area contributed by atoms with E-state index in [0.29, 0.717) is 11.3 Å². The van der Waals surface area contributed by atoms with Crippen molar-refractivity contribution in [2.75, 3.05) is 11.9 Å². The van der Waals surface area contributed by atoms with Crippen LogP contribution in [0.15, 0.2) is 18.2 Å². The summed E-state index contributed by atoms with van der Waals surface area (Å²) in [5.74, 6) is -1.42. The molecule has 1 atom stereocenters. The van der Waals surface area contributed by atoms with E-state index in [-0.39, 0.29) is 12.4 Å². The van der Waals surface area contributed by atoms with Crippen LogP contribution in [-0.4, -0.2) is 23.7 Å². The molecule has 0 aromatic heterocycles. The summed E-state index contributed by atoms with van der Waals surface area (Å²) in [6, 6.07) is 3.61. The van der Waals surface area contributed by atoms with Gasteiger partial charge in [0.2, 0.25) is 0 Å². The Kier molecular flexibility index (Phi) is 3.62. The van der Waals surface area contributed by atoms with Crippen molar-refractivity contribution in [2.45, 2.75) is 13.0 Å².